The number of aryl methyl sites for hydroxylation is 3. The summed E-state index contributed by atoms with van der Waals surface area (Å²) in [6, 6.07) is 12.6. The lowest BCUT2D eigenvalue weighted by Crippen LogP contribution is -2.05. The van der Waals surface area contributed by atoms with Crippen LogP contribution < -0.4 is 5.73 Å². The van der Waals surface area contributed by atoms with Crippen molar-refractivity contribution < 1.29 is 0 Å². The lowest BCUT2D eigenvalue weighted by molar-refractivity contribution is 0.722. The highest BCUT2D eigenvalue weighted by Gasteiger charge is 2.12. The predicted molar refractivity (Wildman–Crippen MR) is 93.2 cm³/mol. The van der Waals surface area contributed by atoms with Crippen LogP contribution in [0.25, 0.3) is 11.0 Å². The molecule has 3 rings (SSSR count). The smallest absolute Gasteiger partial charge is 0.110 e. The van der Waals surface area contributed by atoms with Gasteiger partial charge in [-0.2, -0.15) is 0 Å². The topological polar surface area (TPSA) is 43.8 Å². The Labute approximate surface area is 131 Å². The molecule has 2 aromatic carbocycles. The lowest BCUT2D eigenvalue weighted by atomic mass is 10.1. The molecule has 114 valence electrons. The molecule has 0 saturated carbocycles. The Hall–Kier alpha value is -2.29. The molecule has 0 aliphatic carbocycles. The van der Waals surface area contributed by atoms with Gasteiger partial charge in [0.1, 0.15) is 5.82 Å². The SMILES string of the molecule is CCCc1nc2cc(C)c(C)cc2n1Cc1ccc(N)cc1. The van der Waals surface area contributed by atoms with Gasteiger partial charge in [0.05, 0.1) is 11.0 Å². The Morgan fingerprint density at radius 2 is 1.73 bits per heavy atom. The fourth-order valence-electron chi connectivity index (χ4n) is 2.83. The highest BCUT2D eigenvalue weighted by Crippen LogP contribution is 2.23. The highest BCUT2D eigenvalue weighted by molar-refractivity contribution is 5.78. The molecule has 0 unspecified atom stereocenters. The molecular weight excluding hydrogens is 270 g/mol. The largest absolute Gasteiger partial charge is 0.399 e. The van der Waals surface area contributed by atoms with Gasteiger partial charge in [0.2, 0.25) is 0 Å². The number of nitrogen functional groups attached to an aromatic ring is 1. The van der Waals surface area contributed by atoms with E-state index >= 15 is 0 Å². The summed E-state index contributed by atoms with van der Waals surface area (Å²) in [5.74, 6) is 1.17. The molecule has 0 aliphatic rings. The fraction of sp³-hybridized carbons (Fsp3) is 0.316. The van der Waals surface area contributed by atoms with Crippen LogP contribution in [0, 0.1) is 13.8 Å². The molecule has 0 saturated heterocycles. The predicted octanol–water partition coefficient (Wildman–Crippen LogP) is 4.24. The first-order valence-corrected chi connectivity index (χ1v) is 7.89. The van der Waals surface area contributed by atoms with Crippen LogP contribution >= 0.6 is 0 Å². The second-order valence-electron chi connectivity index (χ2n) is 6.03. The standard InChI is InChI=1S/C19H23N3/c1-4-5-19-21-17-10-13(2)14(3)11-18(17)22(19)12-15-6-8-16(20)9-7-15/h6-11H,4-5,12,20H2,1-3H3. The molecule has 0 atom stereocenters. The van der Waals surface area contributed by atoms with Crippen molar-refractivity contribution in [1.29, 1.82) is 0 Å². The first kappa shape index (κ1) is 14.6. The maximum atomic E-state index is 5.79. The van der Waals surface area contributed by atoms with E-state index in [1.54, 1.807) is 0 Å². The first-order chi connectivity index (χ1) is 10.6. The van der Waals surface area contributed by atoms with Gasteiger partial charge in [0.25, 0.3) is 0 Å². The average molecular weight is 293 g/mol. The third-order valence-corrected chi connectivity index (χ3v) is 4.24. The highest BCUT2D eigenvalue weighted by atomic mass is 15.1. The van der Waals surface area contributed by atoms with Crippen LogP contribution in [-0.2, 0) is 13.0 Å². The van der Waals surface area contributed by atoms with Crippen LogP contribution in [0.5, 0.6) is 0 Å². The molecule has 3 nitrogen and oxygen atoms in total. The van der Waals surface area contributed by atoms with Gasteiger partial charge in [-0.1, -0.05) is 19.1 Å². The quantitative estimate of drug-likeness (QED) is 0.731. The summed E-state index contributed by atoms with van der Waals surface area (Å²) < 4.78 is 2.34. The van der Waals surface area contributed by atoms with E-state index < -0.39 is 0 Å². The molecule has 22 heavy (non-hydrogen) atoms. The monoisotopic (exact) mass is 293 g/mol. The van der Waals surface area contributed by atoms with Gasteiger partial charge < -0.3 is 10.3 Å². The number of benzene rings is 2. The molecular formula is C19H23N3. The summed E-state index contributed by atoms with van der Waals surface area (Å²) in [5.41, 5.74) is 12.8. The van der Waals surface area contributed by atoms with Crippen molar-refractivity contribution >= 4 is 16.7 Å². The number of anilines is 1. The Balaban J connectivity index is 2.10. The normalized spacial score (nSPS) is 11.2. The number of nitrogens with two attached hydrogens (primary N) is 1. The summed E-state index contributed by atoms with van der Waals surface area (Å²) in [5, 5.41) is 0. The molecule has 3 heteroatoms. The van der Waals surface area contributed by atoms with Gasteiger partial charge in [-0.15, -0.1) is 0 Å². The molecule has 2 N–H and O–H groups in total. The minimum atomic E-state index is 0.805. The number of imidazole rings is 1. The van der Waals surface area contributed by atoms with Gasteiger partial charge in [0, 0.05) is 18.7 Å². The van der Waals surface area contributed by atoms with Gasteiger partial charge in [0.15, 0.2) is 0 Å². The minimum Gasteiger partial charge on any atom is -0.399 e. The molecule has 0 amide bonds. The van der Waals surface area contributed by atoms with E-state index in [4.69, 9.17) is 10.7 Å². The lowest BCUT2D eigenvalue weighted by Gasteiger charge is -2.10. The Morgan fingerprint density at radius 3 is 2.41 bits per heavy atom. The maximum absolute atomic E-state index is 5.79. The molecule has 0 spiro atoms. The number of aromatic nitrogens is 2. The number of hydrogen-bond donors (Lipinski definition) is 1. The van der Waals surface area contributed by atoms with E-state index in [1.807, 2.05) is 12.1 Å². The van der Waals surface area contributed by atoms with Gasteiger partial charge in [-0.05, 0) is 61.2 Å². The second-order valence-corrected chi connectivity index (χ2v) is 6.03. The minimum absolute atomic E-state index is 0.805. The van der Waals surface area contributed by atoms with Gasteiger partial charge in [-0.3, -0.25) is 0 Å². The maximum Gasteiger partial charge on any atom is 0.110 e. The van der Waals surface area contributed by atoms with Crippen molar-refractivity contribution in [2.45, 2.75) is 40.2 Å². The third kappa shape index (κ3) is 2.71. The Bertz CT molecular complexity index is 798. The summed E-state index contributed by atoms with van der Waals surface area (Å²) in [4.78, 5) is 4.86. The summed E-state index contributed by atoms with van der Waals surface area (Å²) in [7, 11) is 0. The van der Waals surface area contributed by atoms with Crippen molar-refractivity contribution in [1.82, 2.24) is 9.55 Å². The van der Waals surface area contributed by atoms with Crippen molar-refractivity contribution in [3.8, 4) is 0 Å². The molecule has 3 aromatic rings. The molecule has 1 heterocycles. The summed E-state index contributed by atoms with van der Waals surface area (Å²) in [6.45, 7) is 7.35. The first-order valence-electron chi connectivity index (χ1n) is 7.89. The summed E-state index contributed by atoms with van der Waals surface area (Å²) >= 11 is 0. The van der Waals surface area contributed by atoms with Gasteiger partial charge >= 0.3 is 0 Å². The van der Waals surface area contributed by atoms with E-state index in [9.17, 15) is 0 Å². The van der Waals surface area contributed by atoms with Crippen LogP contribution in [-0.4, -0.2) is 9.55 Å². The van der Waals surface area contributed by atoms with Gasteiger partial charge in [-0.25, -0.2) is 4.98 Å². The van der Waals surface area contributed by atoms with E-state index in [0.29, 0.717) is 0 Å². The van der Waals surface area contributed by atoms with Crippen molar-refractivity contribution in [3.05, 3.63) is 58.9 Å². The van der Waals surface area contributed by atoms with Crippen LogP contribution in [0.2, 0.25) is 0 Å². The number of hydrogen-bond acceptors (Lipinski definition) is 2. The number of nitrogens with zero attached hydrogens (tertiary/aromatic N) is 2. The average Bonchev–Trinajstić information content (AvgIpc) is 2.80. The van der Waals surface area contributed by atoms with Crippen molar-refractivity contribution in [3.63, 3.8) is 0 Å². The third-order valence-electron chi connectivity index (χ3n) is 4.24. The Morgan fingerprint density at radius 1 is 1.05 bits per heavy atom. The second kappa shape index (κ2) is 5.84. The number of rotatable bonds is 4. The zero-order chi connectivity index (χ0) is 15.7. The molecule has 0 radical (unpaired) electrons. The van der Waals surface area contributed by atoms with Crippen LogP contribution in [0.4, 0.5) is 5.69 Å². The molecule has 0 bridgehead atoms. The van der Waals surface area contributed by atoms with Crippen LogP contribution in [0.3, 0.4) is 0 Å². The molecule has 0 aliphatic heterocycles. The van der Waals surface area contributed by atoms with Crippen molar-refractivity contribution in [2.75, 3.05) is 5.73 Å². The number of fused-ring (bicyclic) bond motifs is 1. The van der Waals surface area contributed by atoms with E-state index in [-0.39, 0.29) is 0 Å². The van der Waals surface area contributed by atoms with E-state index in [2.05, 4.69) is 49.6 Å². The fourth-order valence-corrected chi connectivity index (χ4v) is 2.83. The van der Waals surface area contributed by atoms with E-state index in [1.165, 1.54) is 28.0 Å². The zero-order valence-electron chi connectivity index (χ0n) is 13.6. The molecule has 1 aromatic heterocycles. The van der Waals surface area contributed by atoms with E-state index in [0.717, 1.165) is 30.6 Å². The zero-order valence-corrected chi connectivity index (χ0v) is 13.6. The summed E-state index contributed by atoms with van der Waals surface area (Å²) in [6.07, 6.45) is 2.10. The van der Waals surface area contributed by atoms with Crippen LogP contribution in [0.15, 0.2) is 36.4 Å². The van der Waals surface area contributed by atoms with Crippen LogP contribution in [0.1, 0.15) is 35.9 Å². The van der Waals surface area contributed by atoms with Crippen molar-refractivity contribution in [2.24, 2.45) is 0 Å². The Kier molecular flexibility index (Phi) is 3.88. The molecule has 0 fully saturated rings.